The van der Waals surface area contributed by atoms with E-state index in [1.807, 2.05) is 30.3 Å². The maximum absolute atomic E-state index is 13.1. The van der Waals surface area contributed by atoms with Gasteiger partial charge in [-0.25, -0.2) is 14.2 Å². The predicted molar refractivity (Wildman–Crippen MR) is 94.6 cm³/mol. The number of nitrogens with one attached hydrogen (secondary N) is 1. The van der Waals surface area contributed by atoms with Crippen molar-refractivity contribution in [3.8, 4) is 0 Å². The first-order valence-electron chi connectivity index (χ1n) is 7.37. The van der Waals surface area contributed by atoms with E-state index in [0.29, 0.717) is 5.56 Å². The topological polar surface area (TPSA) is 54.4 Å². The lowest BCUT2D eigenvalue weighted by Crippen LogP contribution is -2.19. The molecule has 0 saturated carbocycles. The second kappa shape index (κ2) is 7.85. The van der Waals surface area contributed by atoms with Gasteiger partial charge in [0.2, 0.25) is 5.91 Å². The summed E-state index contributed by atoms with van der Waals surface area (Å²) in [6.45, 7) is 0. The fraction of sp³-hybridized carbons (Fsp3) is 0.0556. The molecule has 0 aliphatic carbocycles. The minimum atomic E-state index is -0.964. The molecule has 0 radical (unpaired) electrons. The standard InChI is InChI=1S/C18H13F2N3OS/c19-14-7-6-12(9-15(14)20)10-22-23-17(24)11-25-16-5-1-3-13-4-2-8-21-18(13)16/h1-10H,11H2,(H,23,24)/b22-10+. The molecule has 7 heteroatoms. The van der Waals surface area contributed by atoms with Crippen molar-refractivity contribution in [2.45, 2.75) is 4.90 Å². The van der Waals surface area contributed by atoms with Crippen LogP contribution < -0.4 is 5.43 Å². The molecule has 0 aliphatic rings. The molecule has 0 bridgehead atoms. The number of rotatable bonds is 5. The lowest BCUT2D eigenvalue weighted by molar-refractivity contribution is -0.118. The van der Waals surface area contributed by atoms with E-state index in [2.05, 4.69) is 15.5 Å². The summed E-state index contributed by atoms with van der Waals surface area (Å²) in [5.41, 5.74) is 3.55. The van der Waals surface area contributed by atoms with Gasteiger partial charge in [0.05, 0.1) is 17.5 Å². The monoisotopic (exact) mass is 357 g/mol. The van der Waals surface area contributed by atoms with Crippen molar-refractivity contribution in [3.05, 3.63) is 71.9 Å². The average molecular weight is 357 g/mol. The lowest BCUT2D eigenvalue weighted by atomic mass is 10.2. The minimum absolute atomic E-state index is 0.158. The average Bonchev–Trinajstić information content (AvgIpc) is 2.63. The first kappa shape index (κ1) is 17.0. The fourth-order valence-electron chi connectivity index (χ4n) is 2.14. The van der Waals surface area contributed by atoms with E-state index in [9.17, 15) is 13.6 Å². The van der Waals surface area contributed by atoms with Gasteiger partial charge in [-0.15, -0.1) is 11.8 Å². The minimum Gasteiger partial charge on any atom is -0.272 e. The number of hydrogen-bond donors (Lipinski definition) is 1. The normalized spacial score (nSPS) is 11.1. The number of benzene rings is 2. The fourth-order valence-corrected chi connectivity index (χ4v) is 2.97. The zero-order valence-electron chi connectivity index (χ0n) is 12.9. The molecular weight excluding hydrogens is 344 g/mol. The van der Waals surface area contributed by atoms with Crippen LogP contribution in [0.1, 0.15) is 5.56 Å². The van der Waals surface area contributed by atoms with Crippen LogP contribution in [0.5, 0.6) is 0 Å². The number of carbonyl (C=O) groups excluding carboxylic acids is 1. The Morgan fingerprint density at radius 3 is 2.84 bits per heavy atom. The van der Waals surface area contributed by atoms with Crippen LogP contribution >= 0.6 is 11.8 Å². The van der Waals surface area contributed by atoms with Crippen LogP contribution in [0.2, 0.25) is 0 Å². The van der Waals surface area contributed by atoms with Gasteiger partial charge >= 0.3 is 0 Å². The Bertz CT molecular complexity index is 941. The van der Waals surface area contributed by atoms with Gasteiger partial charge < -0.3 is 0 Å². The number of amides is 1. The van der Waals surface area contributed by atoms with E-state index in [1.54, 1.807) is 6.20 Å². The van der Waals surface area contributed by atoms with Crippen molar-refractivity contribution in [2.24, 2.45) is 5.10 Å². The van der Waals surface area contributed by atoms with E-state index >= 15 is 0 Å². The maximum atomic E-state index is 13.1. The molecule has 0 fully saturated rings. The summed E-state index contributed by atoms with van der Waals surface area (Å²) < 4.78 is 25.9. The number of nitrogens with zero attached hydrogens (tertiary/aromatic N) is 2. The summed E-state index contributed by atoms with van der Waals surface area (Å²) in [5, 5.41) is 4.75. The third-order valence-corrected chi connectivity index (χ3v) is 4.35. The molecule has 4 nitrogen and oxygen atoms in total. The van der Waals surface area contributed by atoms with Gasteiger partial charge in [-0.2, -0.15) is 5.10 Å². The highest BCUT2D eigenvalue weighted by Gasteiger charge is 2.06. The van der Waals surface area contributed by atoms with E-state index in [4.69, 9.17) is 0 Å². The SMILES string of the molecule is O=C(CSc1cccc2cccnc12)N/N=C/c1ccc(F)c(F)c1. The van der Waals surface area contributed by atoms with Crippen molar-refractivity contribution < 1.29 is 13.6 Å². The molecule has 0 aliphatic heterocycles. The summed E-state index contributed by atoms with van der Waals surface area (Å²) in [6.07, 6.45) is 2.96. The number of carbonyl (C=O) groups is 1. The summed E-state index contributed by atoms with van der Waals surface area (Å²) >= 11 is 1.35. The van der Waals surface area contributed by atoms with Crippen molar-refractivity contribution in [1.82, 2.24) is 10.4 Å². The van der Waals surface area contributed by atoms with E-state index in [0.717, 1.165) is 27.9 Å². The van der Waals surface area contributed by atoms with Gasteiger partial charge in [-0.1, -0.05) is 24.3 Å². The molecule has 25 heavy (non-hydrogen) atoms. The first-order valence-corrected chi connectivity index (χ1v) is 8.35. The molecule has 0 unspecified atom stereocenters. The highest BCUT2D eigenvalue weighted by molar-refractivity contribution is 8.00. The Kier molecular flexibility index (Phi) is 5.35. The number of halogens is 2. The maximum Gasteiger partial charge on any atom is 0.250 e. The van der Waals surface area contributed by atoms with Gasteiger partial charge in [-0.05, 0) is 29.8 Å². The molecule has 1 heterocycles. The zero-order chi connectivity index (χ0) is 17.6. The Balaban J connectivity index is 1.57. The number of para-hydroxylation sites is 1. The van der Waals surface area contributed by atoms with E-state index in [-0.39, 0.29) is 11.7 Å². The Morgan fingerprint density at radius 2 is 2.00 bits per heavy atom. The van der Waals surface area contributed by atoms with E-state index < -0.39 is 11.6 Å². The van der Waals surface area contributed by atoms with Gasteiger partial charge in [0.1, 0.15) is 0 Å². The molecule has 126 valence electrons. The van der Waals surface area contributed by atoms with Crippen LogP contribution in [0, 0.1) is 11.6 Å². The lowest BCUT2D eigenvalue weighted by Gasteiger charge is -2.04. The quantitative estimate of drug-likeness (QED) is 0.430. The Morgan fingerprint density at radius 1 is 1.16 bits per heavy atom. The van der Waals surface area contributed by atoms with Crippen LogP contribution in [0.25, 0.3) is 10.9 Å². The number of aromatic nitrogens is 1. The summed E-state index contributed by atoms with van der Waals surface area (Å²) in [4.78, 5) is 17.1. The van der Waals surface area contributed by atoms with Crippen LogP contribution in [0.3, 0.4) is 0 Å². The number of hydrogen-bond acceptors (Lipinski definition) is 4. The van der Waals surface area contributed by atoms with Crippen molar-refractivity contribution in [3.63, 3.8) is 0 Å². The number of thioether (sulfide) groups is 1. The first-order chi connectivity index (χ1) is 12.1. The van der Waals surface area contributed by atoms with Crippen LogP contribution in [-0.4, -0.2) is 22.9 Å². The van der Waals surface area contributed by atoms with Crippen molar-refractivity contribution in [2.75, 3.05) is 5.75 Å². The third kappa shape index (κ3) is 4.39. The van der Waals surface area contributed by atoms with E-state index in [1.165, 1.54) is 24.0 Å². The number of pyridine rings is 1. The summed E-state index contributed by atoms with van der Waals surface area (Å²) in [7, 11) is 0. The molecule has 3 rings (SSSR count). The Labute approximate surface area is 147 Å². The third-order valence-electron chi connectivity index (χ3n) is 3.30. The van der Waals surface area contributed by atoms with Crippen molar-refractivity contribution >= 4 is 34.8 Å². The van der Waals surface area contributed by atoms with Gasteiger partial charge in [0.15, 0.2) is 11.6 Å². The van der Waals surface area contributed by atoms with Gasteiger partial charge in [0, 0.05) is 16.5 Å². The molecule has 3 aromatic rings. The molecular formula is C18H13F2N3OS. The Hall–Kier alpha value is -2.80. The van der Waals surface area contributed by atoms with Gasteiger partial charge in [-0.3, -0.25) is 9.78 Å². The molecule has 0 spiro atoms. The van der Waals surface area contributed by atoms with Crippen LogP contribution in [0.15, 0.2) is 64.7 Å². The molecule has 1 N–H and O–H groups in total. The smallest absolute Gasteiger partial charge is 0.250 e. The molecule has 0 saturated heterocycles. The zero-order valence-corrected chi connectivity index (χ0v) is 13.8. The molecule has 1 amide bonds. The molecule has 0 atom stereocenters. The number of hydrazone groups is 1. The number of fused-ring (bicyclic) bond motifs is 1. The van der Waals surface area contributed by atoms with Gasteiger partial charge in [0.25, 0.3) is 0 Å². The highest BCUT2D eigenvalue weighted by Crippen LogP contribution is 2.25. The second-order valence-corrected chi connectivity index (χ2v) is 6.10. The highest BCUT2D eigenvalue weighted by atomic mass is 32.2. The largest absolute Gasteiger partial charge is 0.272 e. The second-order valence-electron chi connectivity index (χ2n) is 5.09. The molecule has 1 aromatic heterocycles. The summed E-state index contributed by atoms with van der Waals surface area (Å²) in [6, 6.07) is 12.9. The van der Waals surface area contributed by atoms with Crippen LogP contribution in [-0.2, 0) is 4.79 Å². The van der Waals surface area contributed by atoms with Crippen molar-refractivity contribution in [1.29, 1.82) is 0 Å². The predicted octanol–water partition coefficient (Wildman–Crippen LogP) is 3.76. The van der Waals surface area contributed by atoms with Crippen LogP contribution in [0.4, 0.5) is 8.78 Å². The summed E-state index contributed by atoms with van der Waals surface area (Å²) in [5.74, 6) is -2.04. The molecule has 2 aromatic carbocycles.